The standard InChI is InChI=1S/C9H14N2O/c1-7-3-4-10-9(5-7)11-8(2)6-12/h3-5,8,12H,6H2,1-2H3,(H,10,11). The van der Waals surface area contributed by atoms with Crippen LogP contribution in [0, 0.1) is 6.92 Å². The van der Waals surface area contributed by atoms with Gasteiger partial charge in [0.05, 0.1) is 6.61 Å². The highest BCUT2D eigenvalue weighted by atomic mass is 16.3. The van der Waals surface area contributed by atoms with Crippen LogP contribution in [-0.2, 0) is 0 Å². The first-order valence-corrected chi connectivity index (χ1v) is 4.02. The highest BCUT2D eigenvalue weighted by molar-refractivity contribution is 5.37. The Hall–Kier alpha value is -1.09. The van der Waals surface area contributed by atoms with Crippen LogP contribution in [0.2, 0.25) is 0 Å². The predicted molar refractivity (Wildman–Crippen MR) is 49.1 cm³/mol. The van der Waals surface area contributed by atoms with Crippen LogP contribution >= 0.6 is 0 Å². The molecular weight excluding hydrogens is 152 g/mol. The third-order valence-corrected chi connectivity index (χ3v) is 1.58. The second-order valence-electron chi connectivity index (χ2n) is 2.95. The van der Waals surface area contributed by atoms with Gasteiger partial charge in [-0.1, -0.05) is 0 Å². The molecule has 1 unspecified atom stereocenters. The van der Waals surface area contributed by atoms with Crippen LogP contribution in [0.5, 0.6) is 0 Å². The summed E-state index contributed by atoms with van der Waals surface area (Å²) in [4.78, 5) is 4.11. The van der Waals surface area contributed by atoms with Crippen LogP contribution in [0.4, 0.5) is 5.82 Å². The highest BCUT2D eigenvalue weighted by Gasteiger charge is 1.99. The molecular formula is C9H14N2O. The molecule has 0 aliphatic heterocycles. The van der Waals surface area contributed by atoms with E-state index < -0.39 is 0 Å². The maximum Gasteiger partial charge on any atom is 0.126 e. The molecule has 1 aromatic rings. The normalized spacial score (nSPS) is 12.6. The molecule has 1 rings (SSSR count). The third-order valence-electron chi connectivity index (χ3n) is 1.58. The van der Waals surface area contributed by atoms with E-state index in [0.29, 0.717) is 0 Å². The number of aliphatic hydroxyl groups is 1. The van der Waals surface area contributed by atoms with E-state index in [1.165, 1.54) is 0 Å². The predicted octanol–water partition coefficient (Wildman–Crippen LogP) is 1.18. The van der Waals surface area contributed by atoms with E-state index in [-0.39, 0.29) is 12.6 Å². The van der Waals surface area contributed by atoms with E-state index in [0.717, 1.165) is 11.4 Å². The Bertz CT molecular complexity index is 250. The van der Waals surface area contributed by atoms with Crippen molar-refractivity contribution in [3.63, 3.8) is 0 Å². The maximum absolute atomic E-state index is 8.78. The largest absolute Gasteiger partial charge is 0.394 e. The second kappa shape index (κ2) is 4.07. The summed E-state index contributed by atoms with van der Waals surface area (Å²) in [5, 5.41) is 11.8. The fourth-order valence-corrected chi connectivity index (χ4v) is 0.913. The van der Waals surface area contributed by atoms with Crippen molar-refractivity contribution in [3.8, 4) is 0 Å². The molecule has 0 aliphatic rings. The Morgan fingerprint density at radius 1 is 1.67 bits per heavy atom. The summed E-state index contributed by atoms with van der Waals surface area (Å²) >= 11 is 0. The van der Waals surface area contributed by atoms with Crippen molar-refractivity contribution in [2.75, 3.05) is 11.9 Å². The first kappa shape index (κ1) is 9.00. The summed E-state index contributed by atoms with van der Waals surface area (Å²) in [5.74, 6) is 0.816. The number of pyridine rings is 1. The van der Waals surface area contributed by atoms with Gasteiger partial charge in [-0.15, -0.1) is 0 Å². The molecule has 0 radical (unpaired) electrons. The fraction of sp³-hybridized carbons (Fsp3) is 0.444. The lowest BCUT2D eigenvalue weighted by atomic mass is 10.3. The van der Waals surface area contributed by atoms with Crippen molar-refractivity contribution in [3.05, 3.63) is 23.9 Å². The van der Waals surface area contributed by atoms with Gasteiger partial charge >= 0.3 is 0 Å². The SMILES string of the molecule is Cc1ccnc(NC(C)CO)c1. The molecule has 1 atom stereocenters. The number of rotatable bonds is 3. The smallest absolute Gasteiger partial charge is 0.126 e. The molecule has 0 aliphatic carbocycles. The van der Waals surface area contributed by atoms with Gasteiger partial charge in [-0.3, -0.25) is 0 Å². The van der Waals surface area contributed by atoms with Crippen LogP contribution in [0.25, 0.3) is 0 Å². The molecule has 66 valence electrons. The summed E-state index contributed by atoms with van der Waals surface area (Å²) < 4.78 is 0. The van der Waals surface area contributed by atoms with Gasteiger partial charge in [0, 0.05) is 12.2 Å². The minimum atomic E-state index is 0.0549. The number of hydrogen-bond acceptors (Lipinski definition) is 3. The van der Waals surface area contributed by atoms with E-state index in [1.807, 2.05) is 26.0 Å². The molecule has 1 heterocycles. The van der Waals surface area contributed by atoms with Gasteiger partial charge in [-0.05, 0) is 31.5 Å². The summed E-state index contributed by atoms with van der Waals surface area (Å²) in [5.41, 5.74) is 1.16. The Morgan fingerprint density at radius 3 is 3.00 bits per heavy atom. The molecule has 0 saturated carbocycles. The summed E-state index contributed by atoms with van der Waals surface area (Å²) in [6.45, 7) is 4.04. The minimum Gasteiger partial charge on any atom is -0.394 e. The molecule has 0 saturated heterocycles. The van der Waals surface area contributed by atoms with Gasteiger partial charge in [0.1, 0.15) is 5.82 Å². The van der Waals surface area contributed by atoms with Crippen molar-refractivity contribution in [2.45, 2.75) is 19.9 Å². The van der Waals surface area contributed by atoms with E-state index in [1.54, 1.807) is 6.20 Å². The van der Waals surface area contributed by atoms with E-state index in [2.05, 4.69) is 10.3 Å². The summed E-state index contributed by atoms with van der Waals surface area (Å²) in [6.07, 6.45) is 1.75. The van der Waals surface area contributed by atoms with Crippen molar-refractivity contribution in [1.82, 2.24) is 4.98 Å². The Morgan fingerprint density at radius 2 is 2.42 bits per heavy atom. The third kappa shape index (κ3) is 2.51. The Balaban J connectivity index is 2.63. The van der Waals surface area contributed by atoms with Gasteiger partial charge in [0.15, 0.2) is 0 Å². The second-order valence-corrected chi connectivity index (χ2v) is 2.95. The van der Waals surface area contributed by atoms with Gasteiger partial charge in [-0.25, -0.2) is 4.98 Å². The number of hydrogen-bond donors (Lipinski definition) is 2. The number of aryl methyl sites for hydroxylation is 1. The van der Waals surface area contributed by atoms with Gasteiger partial charge < -0.3 is 10.4 Å². The maximum atomic E-state index is 8.78. The monoisotopic (exact) mass is 166 g/mol. The summed E-state index contributed by atoms with van der Waals surface area (Å²) in [6, 6.07) is 3.94. The van der Waals surface area contributed by atoms with E-state index in [4.69, 9.17) is 5.11 Å². The topological polar surface area (TPSA) is 45.2 Å². The Kier molecular flexibility index (Phi) is 3.05. The molecule has 1 aromatic heterocycles. The number of nitrogens with zero attached hydrogens (tertiary/aromatic N) is 1. The van der Waals surface area contributed by atoms with Crippen molar-refractivity contribution in [2.24, 2.45) is 0 Å². The summed E-state index contributed by atoms with van der Waals surface area (Å²) in [7, 11) is 0. The first-order chi connectivity index (χ1) is 5.72. The molecule has 0 amide bonds. The fourth-order valence-electron chi connectivity index (χ4n) is 0.913. The van der Waals surface area contributed by atoms with Crippen LogP contribution in [0.3, 0.4) is 0 Å². The lowest BCUT2D eigenvalue weighted by Gasteiger charge is -2.11. The van der Waals surface area contributed by atoms with Crippen LogP contribution in [0.15, 0.2) is 18.3 Å². The lowest BCUT2D eigenvalue weighted by Crippen LogP contribution is -2.19. The molecule has 2 N–H and O–H groups in total. The number of aromatic nitrogens is 1. The average Bonchev–Trinajstić information content (AvgIpc) is 2.04. The van der Waals surface area contributed by atoms with Crippen molar-refractivity contribution in [1.29, 1.82) is 0 Å². The zero-order valence-corrected chi connectivity index (χ0v) is 7.41. The van der Waals surface area contributed by atoms with Crippen LogP contribution in [-0.4, -0.2) is 22.7 Å². The molecule has 0 aromatic carbocycles. The van der Waals surface area contributed by atoms with Gasteiger partial charge in [0.2, 0.25) is 0 Å². The molecule has 12 heavy (non-hydrogen) atoms. The molecule has 0 spiro atoms. The van der Waals surface area contributed by atoms with Gasteiger partial charge in [-0.2, -0.15) is 0 Å². The number of nitrogens with one attached hydrogen (secondary N) is 1. The van der Waals surface area contributed by atoms with Gasteiger partial charge in [0.25, 0.3) is 0 Å². The van der Waals surface area contributed by atoms with Crippen molar-refractivity contribution >= 4 is 5.82 Å². The molecule has 0 fully saturated rings. The quantitative estimate of drug-likeness (QED) is 0.708. The molecule has 3 nitrogen and oxygen atoms in total. The first-order valence-electron chi connectivity index (χ1n) is 4.02. The Labute approximate surface area is 72.5 Å². The van der Waals surface area contributed by atoms with Crippen LogP contribution < -0.4 is 5.32 Å². The van der Waals surface area contributed by atoms with Crippen LogP contribution in [0.1, 0.15) is 12.5 Å². The minimum absolute atomic E-state index is 0.0549. The van der Waals surface area contributed by atoms with Crippen molar-refractivity contribution < 1.29 is 5.11 Å². The number of anilines is 1. The number of aliphatic hydroxyl groups excluding tert-OH is 1. The zero-order chi connectivity index (χ0) is 8.97. The average molecular weight is 166 g/mol. The van der Waals surface area contributed by atoms with E-state index >= 15 is 0 Å². The molecule has 0 bridgehead atoms. The molecule has 3 heteroatoms. The highest BCUT2D eigenvalue weighted by Crippen LogP contribution is 2.06. The van der Waals surface area contributed by atoms with E-state index in [9.17, 15) is 0 Å². The zero-order valence-electron chi connectivity index (χ0n) is 7.41. The lowest BCUT2D eigenvalue weighted by molar-refractivity contribution is 0.281.